The van der Waals surface area contributed by atoms with Gasteiger partial charge in [-0.25, -0.2) is 9.80 Å². The number of hydrogen-bond acceptors (Lipinski definition) is 3. The highest BCUT2D eigenvalue weighted by atomic mass is 16.4. The van der Waals surface area contributed by atoms with Crippen LogP contribution in [0.3, 0.4) is 0 Å². The molecule has 0 aromatic carbocycles. The Balaban J connectivity index is 2.90. The summed E-state index contributed by atoms with van der Waals surface area (Å²) in [6, 6.07) is 0. The highest BCUT2D eigenvalue weighted by molar-refractivity contribution is 5.81. The van der Waals surface area contributed by atoms with Gasteiger partial charge in [-0.3, -0.25) is 0 Å². The molecule has 1 N–H and O–H groups in total. The minimum Gasteiger partial charge on any atom is -0.480 e. The molecule has 1 aliphatic rings. The summed E-state index contributed by atoms with van der Waals surface area (Å²) in [4.78, 5) is 10.8. The number of carboxylic acids is 1. The van der Waals surface area contributed by atoms with E-state index < -0.39 is 11.5 Å². The van der Waals surface area contributed by atoms with Crippen molar-refractivity contribution in [2.45, 2.75) is 12.5 Å². The van der Waals surface area contributed by atoms with Gasteiger partial charge in [0, 0.05) is 20.3 Å². The average molecular weight is 156 g/mol. The van der Waals surface area contributed by atoms with Crippen LogP contribution in [0.4, 0.5) is 0 Å². The van der Waals surface area contributed by atoms with Gasteiger partial charge in [-0.2, -0.15) is 0 Å². The first-order valence-corrected chi connectivity index (χ1v) is 3.38. The van der Waals surface area contributed by atoms with Gasteiger partial charge < -0.3 is 10.1 Å². The molecule has 62 valence electrons. The lowest BCUT2D eigenvalue weighted by molar-refractivity contribution is -0.151. The highest BCUT2D eigenvalue weighted by Gasteiger charge is 2.40. The molecule has 1 heterocycles. The predicted octanol–water partition coefficient (Wildman–Crippen LogP) is 0.136. The second-order valence-electron chi connectivity index (χ2n) is 2.87. The van der Waals surface area contributed by atoms with Crippen molar-refractivity contribution in [2.75, 3.05) is 14.1 Å². The number of hydrazine groups is 1. The quantitative estimate of drug-likeness (QED) is 0.586. The number of hydrogen-bond donors (Lipinski definition) is 1. The summed E-state index contributed by atoms with van der Waals surface area (Å²) >= 11 is 0. The smallest absolute Gasteiger partial charge is 0.329 e. The van der Waals surface area contributed by atoms with Gasteiger partial charge >= 0.3 is 5.97 Å². The molecule has 4 heteroatoms. The first kappa shape index (κ1) is 8.07. The molecule has 11 heavy (non-hydrogen) atoms. The number of carboxylic acid groups (broad SMARTS) is 1. The van der Waals surface area contributed by atoms with Crippen LogP contribution < -0.4 is 0 Å². The van der Waals surface area contributed by atoms with Crippen LogP contribution in [0.15, 0.2) is 12.3 Å². The fourth-order valence-electron chi connectivity index (χ4n) is 0.998. The minimum absolute atomic E-state index is 0.833. The van der Waals surface area contributed by atoms with E-state index in [4.69, 9.17) is 5.11 Å². The van der Waals surface area contributed by atoms with Crippen molar-refractivity contribution in [3.63, 3.8) is 0 Å². The Hall–Kier alpha value is -1.03. The summed E-state index contributed by atoms with van der Waals surface area (Å²) < 4.78 is 0. The summed E-state index contributed by atoms with van der Waals surface area (Å²) in [5, 5.41) is 12.2. The van der Waals surface area contributed by atoms with Gasteiger partial charge in [0.1, 0.15) is 0 Å². The maximum absolute atomic E-state index is 10.8. The van der Waals surface area contributed by atoms with Crippen molar-refractivity contribution in [1.29, 1.82) is 0 Å². The Labute approximate surface area is 65.7 Å². The summed E-state index contributed by atoms with van der Waals surface area (Å²) in [5.74, 6) is -0.833. The zero-order valence-electron chi connectivity index (χ0n) is 6.90. The number of rotatable bonds is 1. The van der Waals surface area contributed by atoms with E-state index in [2.05, 4.69) is 0 Å². The second kappa shape index (κ2) is 2.23. The van der Waals surface area contributed by atoms with E-state index in [1.54, 1.807) is 36.3 Å². The van der Waals surface area contributed by atoms with Crippen LogP contribution in [-0.4, -0.2) is 40.7 Å². The second-order valence-corrected chi connectivity index (χ2v) is 2.87. The maximum Gasteiger partial charge on any atom is 0.329 e. The summed E-state index contributed by atoms with van der Waals surface area (Å²) in [6.45, 7) is 1.66. The van der Waals surface area contributed by atoms with Crippen LogP contribution in [0.2, 0.25) is 0 Å². The third-order valence-corrected chi connectivity index (χ3v) is 2.19. The molecule has 4 nitrogen and oxygen atoms in total. The normalized spacial score (nSPS) is 31.4. The molecule has 0 fully saturated rings. The lowest BCUT2D eigenvalue weighted by atomic mass is 10.0. The third-order valence-electron chi connectivity index (χ3n) is 2.19. The van der Waals surface area contributed by atoms with E-state index in [-0.39, 0.29) is 0 Å². The van der Waals surface area contributed by atoms with Crippen LogP contribution >= 0.6 is 0 Å². The van der Waals surface area contributed by atoms with Gasteiger partial charge in [-0.1, -0.05) is 0 Å². The van der Waals surface area contributed by atoms with E-state index in [9.17, 15) is 4.79 Å². The van der Waals surface area contributed by atoms with Gasteiger partial charge in [0.05, 0.1) is 0 Å². The van der Waals surface area contributed by atoms with Crippen LogP contribution in [-0.2, 0) is 4.79 Å². The molecule has 0 aromatic heterocycles. The van der Waals surface area contributed by atoms with E-state index in [1.807, 2.05) is 7.05 Å². The van der Waals surface area contributed by atoms with Crippen molar-refractivity contribution in [1.82, 2.24) is 10.0 Å². The minimum atomic E-state index is -0.880. The molecule has 0 aliphatic carbocycles. The Kier molecular flexibility index (Phi) is 1.64. The topological polar surface area (TPSA) is 43.8 Å². The van der Waals surface area contributed by atoms with Gasteiger partial charge in [0.25, 0.3) is 0 Å². The molecule has 1 aliphatic heterocycles. The van der Waals surface area contributed by atoms with E-state index in [1.165, 1.54) is 0 Å². The zero-order chi connectivity index (χ0) is 8.65. The van der Waals surface area contributed by atoms with E-state index in [0.29, 0.717) is 0 Å². The highest BCUT2D eigenvalue weighted by Crippen LogP contribution is 2.22. The Morgan fingerprint density at radius 2 is 2.09 bits per heavy atom. The average Bonchev–Trinajstić information content (AvgIpc) is 2.18. The SMILES string of the molecule is CN1C=CC(C)(C(=O)O)N1C. The molecule has 1 unspecified atom stereocenters. The largest absolute Gasteiger partial charge is 0.480 e. The molecule has 1 rings (SSSR count). The van der Waals surface area contributed by atoms with Crippen molar-refractivity contribution in [3.05, 3.63) is 12.3 Å². The van der Waals surface area contributed by atoms with Gasteiger partial charge in [-0.05, 0) is 13.0 Å². The lowest BCUT2D eigenvalue weighted by Gasteiger charge is -2.31. The zero-order valence-corrected chi connectivity index (χ0v) is 6.90. The molecule has 0 saturated heterocycles. The molecular formula is C7H12N2O2. The monoisotopic (exact) mass is 156 g/mol. The Bertz CT molecular complexity index is 214. The van der Waals surface area contributed by atoms with Crippen LogP contribution in [0.1, 0.15) is 6.92 Å². The van der Waals surface area contributed by atoms with Gasteiger partial charge in [0.2, 0.25) is 0 Å². The van der Waals surface area contributed by atoms with Crippen molar-refractivity contribution >= 4 is 5.97 Å². The first-order chi connectivity index (χ1) is 4.98. The molecule has 0 spiro atoms. The molecule has 0 saturated carbocycles. The van der Waals surface area contributed by atoms with Crippen molar-refractivity contribution in [3.8, 4) is 0 Å². The standard InChI is InChI=1S/C7H12N2O2/c1-7(6(10)11)4-5-8(2)9(7)3/h4-5H,1-3H3,(H,10,11). The summed E-state index contributed by atoms with van der Waals surface area (Å²) in [5.41, 5.74) is -0.880. The third kappa shape index (κ3) is 0.991. The lowest BCUT2D eigenvalue weighted by Crippen LogP contribution is -2.49. The van der Waals surface area contributed by atoms with Crippen molar-refractivity contribution < 1.29 is 9.90 Å². The molecule has 0 aromatic rings. The van der Waals surface area contributed by atoms with E-state index >= 15 is 0 Å². The number of likely N-dealkylation sites (N-methyl/N-ethyl adjacent to an activating group) is 1. The molecule has 0 bridgehead atoms. The van der Waals surface area contributed by atoms with E-state index in [0.717, 1.165) is 0 Å². The fraction of sp³-hybridized carbons (Fsp3) is 0.571. The molecule has 0 amide bonds. The van der Waals surface area contributed by atoms with Crippen LogP contribution in [0.25, 0.3) is 0 Å². The molecular weight excluding hydrogens is 144 g/mol. The number of carbonyl (C=O) groups is 1. The predicted molar refractivity (Wildman–Crippen MR) is 40.7 cm³/mol. The maximum atomic E-state index is 10.8. The summed E-state index contributed by atoms with van der Waals surface area (Å²) in [6.07, 6.45) is 3.41. The van der Waals surface area contributed by atoms with Crippen LogP contribution in [0.5, 0.6) is 0 Å². The fourth-order valence-corrected chi connectivity index (χ4v) is 0.998. The van der Waals surface area contributed by atoms with Crippen molar-refractivity contribution in [2.24, 2.45) is 0 Å². The van der Waals surface area contributed by atoms with Gasteiger partial charge in [0.15, 0.2) is 5.54 Å². The first-order valence-electron chi connectivity index (χ1n) is 3.38. The number of nitrogens with zero attached hydrogens (tertiary/aromatic N) is 2. The molecule has 1 atom stereocenters. The summed E-state index contributed by atoms with van der Waals surface area (Å²) in [7, 11) is 3.55. The molecule has 0 radical (unpaired) electrons. The Morgan fingerprint density at radius 3 is 2.27 bits per heavy atom. The van der Waals surface area contributed by atoms with Crippen LogP contribution in [0, 0.1) is 0 Å². The Morgan fingerprint density at radius 1 is 1.55 bits per heavy atom. The number of aliphatic carboxylic acids is 1. The van der Waals surface area contributed by atoms with Gasteiger partial charge in [-0.15, -0.1) is 0 Å².